The molecule has 1 aromatic heterocycles. The van der Waals surface area contributed by atoms with E-state index in [1.165, 1.54) is 44.1 Å². The van der Waals surface area contributed by atoms with Crippen molar-refractivity contribution in [2.45, 2.75) is 57.9 Å². The summed E-state index contributed by atoms with van der Waals surface area (Å²) in [7, 11) is 2.04. The second kappa shape index (κ2) is 8.73. The van der Waals surface area contributed by atoms with Crippen molar-refractivity contribution in [2.75, 3.05) is 7.05 Å². The Morgan fingerprint density at radius 3 is 2.57 bits per heavy atom. The fourth-order valence-electron chi connectivity index (χ4n) is 2.88. The fourth-order valence-corrected chi connectivity index (χ4v) is 2.88. The molecule has 0 bridgehead atoms. The first-order valence-electron chi connectivity index (χ1n) is 8.23. The first kappa shape index (κ1) is 15.9. The van der Waals surface area contributed by atoms with Crippen LogP contribution < -0.4 is 5.32 Å². The molecule has 114 valence electrons. The van der Waals surface area contributed by atoms with Gasteiger partial charge in [0.2, 0.25) is 0 Å². The molecule has 1 unspecified atom stereocenters. The van der Waals surface area contributed by atoms with Crippen LogP contribution in [0.25, 0.3) is 11.0 Å². The maximum Gasteiger partial charge on any atom is 0.0934 e. The van der Waals surface area contributed by atoms with Crippen LogP contribution in [0.5, 0.6) is 0 Å². The van der Waals surface area contributed by atoms with Gasteiger partial charge < -0.3 is 5.32 Å². The maximum atomic E-state index is 4.52. The number of para-hydroxylation sites is 1. The first-order chi connectivity index (χ1) is 10.4. The van der Waals surface area contributed by atoms with E-state index in [0.29, 0.717) is 6.04 Å². The minimum absolute atomic E-state index is 0.372. The number of benzene rings is 1. The van der Waals surface area contributed by atoms with Crippen LogP contribution in [-0.2, 0) is 0 Å². The predicted octanol–water partition coefficient (Wildman–Crippen LogP) is 4.64. The Labute approximate surface area is 128 Å². The summed E-state index contributed by atoms with van der Waals surface area (Å²) >= 11 is 0. The highest BCUT2D eigenvalue weighted by molar-refractivity contribution is 5.78. The largest absolute Gasteiger partial charge is 0.313 e. The molecule has 1 atom stereocenters. The second-order valence-corrected chi connectivity index (χ2v) is 5.67. The van der Waals surface area contributed by atoms with E-state index in [0.717, 1.165) is 17.5 Å². The van der Waals surface area contributed by atoms with Crippen molar-refractivity contribution in [3.05, 3.63) is 36.2 Å². The first-order valence-corrected chi connectivity index (χ1v) is 8.23. The number of hydrogen-bond acceptors (Lipinski definition) is 3. The van der Waals surface area contributed by atoms with E-state index in [2.05, 4.69) is 34.3 Å². The molecule has 0 saturated heterocycles. The van der Waals surface area contributed by atoms with Crippen molar-refractivity contribution in [2.24, 2.45) is 0 Å². The zero-order chi connectivity index (χ0) is 14.9. The van der Waals surface area contributed by atoms with E-state index in [1.807, 2.05) is 13.1 Å². The van der Waals surface area contributed by atoms with Gasteiger partial charge in [0.25, 0.3) is 0 Å². The zero-order valence-electron chi connectivity index (χ0n) is 13.3. The van der Waals surface area contributed by atoms with Gasteiger partial charge in [-0.25, -0.2) is 0 Å². The number of nitrogens with zero attached hydrogens (tertiary/aromatic N) is 2. The standard InChI is InChI=1S/C18H27N3/c1-3-4-5-6-7-8-11-16(19-2)15-10-9-12-17-18(15)21-14-13-20-17/h9-10,12-14,16,19H,3-8,11H2,1-2H3. The van der Waals surface area contributed by atoms with Crippen LogP contribution in [0.4, 0.5) is 0 Å². The van der Waals surface area contributed by atoms with Crippen molar-refractivity contribution in [3.63, 3.8) is 0 Å². The normalized spacial score (nSPS) is 12.7. The zero-order valence-corrected chi connectivity index (χ0v) is 13.3. The highest BCUT2D eigenvalue weighted by Gasteiger charge is 2.13. The predicted molar refractivity (Wildman–Crippen MR) is 89.3 cm³/mol. The van der Waals surface area contributed by atoms with Crippen LogP contribution in [0.1, 0.15) is 63.5 Å². The third kappa shape index (κ3) is 4.50. The van der Waals surface area contributed by atoms with Crippen molar-refractivity contribution in [1.82, 2.24) is 15.3 Å². The molecule has 1 aromatic carbocycles. The van der Waals surface area contributed by atoms with Crippen molar-refractivity contribution in [3.8, 4) is 0 Å². The van der Waals surface area contributed by atoms with Gasteiger partial charge in [-0.1, -0.05) is 57.6 Å². The number of hydrogen-bond donors (Lipinski definition) is 1. The minimum Gasteiger partial charge on any atom is -0.313 e. The number of aromatic nitrogens is 2. The Kier molecular flexibility index (Phi) is 6.61. The Hall–Kier alpha value is -1.48. The van der Waals surface area contributed by atoms with Gasteiger partial charge in [-0.3, -0.25) is 9.97 Å². The molecule has 3 nitrogen and oxygen atoms in total. The minimum atomic E-state index is 0.372. The van der Waals surface area contributed by atoms with Gasteiger partial charge in [-0.15, -0.1) is 0 Å². The van der Waals surface area contributed by atoms with Crippen LogP contribution in [0.15, 0.2) is 30.6 Å². The number of rotatable bonds is 9. The second-order valence-electron chi connectivity index (χ2n) is 5.67. The van der Waals surface area contributed by atoms with Crippen LogP contribution in [-0.4, -0.2) is 17.0 Å². The molecule has 0 spiro atoms. The van der Waals surface area contributed by atoms with Crippen molar-refractivity contribution < 1.29 is 0 Å². The lowest BCUT2D eigenvalue weighted by Gasteiger charge is -2.17. The van der Waals surface area contributed by atoms with Gasteiger partial charge >= 0.3 is 0 Å². The topological polar surface area (TPSA) is 37.8 Å². The average Bonchev–Trinajstić information content (AvgIpc) is 2.54. The summed E-state index contributed by atoms with van der Waals surface area (Å²) in [5.74, 6) is 0. The van der Waals surface area contributed by atoms with Crippen LogP contribution >= 0.6 is 0 Å². The third-order valence-electron chi connectivity index (χ3n) is 4.10. The summed E-state index contributed by atoms with van der Waals surface area (Å²) in [5.41, 5.74) is 3.29. The molecule has 0 fully saturated rings. The molecule has 0 saturated carbocycles. The highest BCUT2D eigenvalue weighted by atomic mass is 14.9. The van der Waals surface area contributed by atoms with E-state index in [1.54, 1.807) is 12.4 Å². The van der Waals surface area contributed by atoms with E-state index in [4.69, 9.17) is 0 Å². The van der Waals surface area contributed by atoms with Gasteiger partial charge in [0.1, 0.15) is 0 Å². The summed E-state index contributed by atoms with van der Waals surface area (Å²) in [6, 6.07) is 6.66. The molecule has 1 N–H and O–H groups in total. The molecule has 2 aromatic rings. The molecule has 0 radical (unpaired) electrons. The SMILES string of the molecule is CCCCCCCCC(NC)c1cccc2nccnc12. The summed E-state index contributed by atoms with van der Waals surface area (Å²) in [5, 5.41) is 3.44. The number of unbranched alkanes of at least 4 members (excludes halogenated alkanes) is 5. The lowest BCUT2D eigenvalue weighted by Crippen LogP contribution is -2.17. The molecule has 0 aliphatic rings. The van der Waals surface area contributed by atoms with Crippen molar-refractivity contribution in [1.29, 1.82) is 0 Å². The Morgan fingerprint density at radius 2 is 1.76 bits per heavy atom. The molecule has 0 aliphatic heterocycles. The van der Waals surface area contributed by atoms with Crippen molar-refractivity contribution >= 4 is 11.0 Å². The molecule has 3 heteroatoms. The average molecular weight is 285 g/mol. The quantitative estimate of drug-likeness (QED) is 0.682. The van der Waals surface area contributed by atoms with Gasteiger partial charge in [0.05, 0.1) is 11.0 Å². The third-order valence-corrected chi connectivity index (χ3v) is 4.10. The molecule has 1 heterocycles. The smallest absolute Gasteiger partial charge is 0.0934 e. The van der Waals surface area contributed by atoms with Gasteiger partial charge in [0, 0.05) is 18.4 Å². The summed E-state index contributed by atoms with van der Waals surface area (Å²) in [4.78, 5) is 8.91. The Balaban J connectivity index is 1.96. The monoisotopic (exact) mass is 285 g/mol. The molecule has 0 amide bonds. The van der Waals surface area contributed by atoms with E-state index >= 15 is 0 Å². The van der Waals surface area contributed by atoms with Crippen LogP contribution in [0.2, 0.25) is 0 Å². The van der Waals surface area contributed by atoms with E-state index in [-0.39, 0.29) is 0 Å². The molecular formula is C18H27N3. The molecule has 0 aliphatic carbocycles. The van der Waals surface area contributed by atoms with Gasteiger partial charge in [0.15, 0.2) is 0 Å². The van der Waals surface area contributed by atoms with Crippen LogP contribution in [0.3, 0.4) is 0 Å². The summed E-state index contributed by atoms with van der Waals surface area (Å²) < 4.78 is 0. The molecular weight excluding hydrogens is 258 g/mol. The molecule has 2 rings (SSSR count). The lowest BCUT2D eigenvalue weighted by atomic mass is 9.98. The lowest BCUT2D eigenvalue weighted by molar-refractivity contribution is 0.499. The number of fused-ring (bicyclic) bond motifs is 1. The highest BCUT2D eigenvalue weighted by Crippen LogP contribution is 2.25. The summed E-state index contributed by atoms with van der Waals surface area (Å²) in [6.07, 6.45) is 12.7. The Morgan fingerprint density at radius 1 is 1.00 bits per heavy atom. The molecule has 21 heavy (non-hydrogen) atoms. The summed E-state index contributed by atoms with van der Waals surface area (Å²) in [6.45, 7) is 2.26. The number of nitrogens with one attached hydrogen (secondary N) is 1. The van der Waals surface area contributed by atoms with Gasteiger partial charge in [-0.2, -0.15) is 0 Å². The fraction of sp³-hybridized carbons (Fsp3) is 0.556. The van der Waals surface area contributed by atoms with E-state index in [9.17, 15) is 0 Å². The van der Waals surface area contributed by atoms with Gasteiger partial charge in [-0.05, 0) is 25.1 Å². The van der Waals surface area contributed by atoms with Crippen LogP contribution in [0, 0.1) is 0 Å². The van der Waals surface area contributed by atoms with E-state index < -0.39 is 0 Å². The Bertz CT molecular complexity index is 533. The maximum absolute atomic E-state index is 4.52.